The third-order valence-electron chi connectivity index (χ3n) is 4.81. The predicted octanol–water partition coefficient (Wildman–Crippen LogP) is 3.94. The van der Waals surface area contributed by atoms with Crippen LogP contribution in [0.4, 0.5) is 8.78 Å². The molecule has 1 heterocycles. The Hall–Kier alpha value is -1.00. The van der Waals surface area contributed by atoms with Crippen molar-refractivity contribution < 1.29 is 13.5 Å². The number of ether oxygens (including phenoxy) is 1. The van der Waals surface area contributed by atoms with E-state index in [0.717, 1.165) is 25.5 Å². The van der Waals surface area contributed by atoms with Gasteiger partial charge in [0.15, 0.2) is 0 Å². The second-order valence-electron chi connectivity index (χ2n) is 6.39. The Labute approximate surface area is 124 Å². The normalized spacial score (nSPS) is 24.6. The fraction of sp³-hybridized carbons (Fsp3) is 0.647. The molecule has 2 fully saturated rings. The summed E-state index contributed by atoms with van der Waals surface area (Å²) in [7, 11) is 0. The standard InChI is InChI=1S/C17H23F2NO/c18-14-5-4-13(16(19)10-14)11-20-12-15-6-9-17(21-15)7-2-1-3-8-17/h4-5,10,15,20H,1-3,6-9,11-12H2. The number of halogens is 2. The Bertz CT molecular complexity index is 486. The first-order valence-electron chi connectivity index (χ1n) is 7.99. The molecule has 0 aromatic heterocycles. The van der Waals surface area contributed by atoms with Gasteiger partial charge in [-0.1, -0.05) is 25.3 Å². The SMILES string of the molecule is Fc1ccc(CNCC2CCC3(CCCCC3)O2)c(F)c1. The van der Waals surface area contributed by atoms with E-state index in [0.29, 0.717) is 12.1 Å². The fourth-order valence-corrected chi connectivity index (χ4v) is 3.64. The van der Waals surface area contributed by atoms with Crippen molar-refractivity contribution >= 4 is 0 Å². The summed E-state index contributed by atoms with van der Waals surface area (Å²) in [6, 6.07) is 3.72. The van der Waals surface area contributed by atoms with Gasteiger partial charge in [0.05, 0.1) is 11.7 Å². The Morgan fingerprint density at radius 3 is 2.71 bits per heavy atom. The van der Waals surface area contributed by atoms with Crippen molar-refractivity contribution in [2.45, 2.75) is 63.2 Å². The highest BCUT2D eigenvalue weighted by Crippen LogP contribution is 2.41. The topological polar surface area (TPSA) is 21.3 Å². The van der Waals surface area contributed by atoms with E-state index in [1.807, 2.05) is 0 Å². The van der Waals surface area contributed by atoms with Crippen molar-refractivity contribution in [1.29, 1.82) is 0 Å². The minimum Gasteiger partial charge on any atom is -0.370 e. The van der Waals surface area contributed by atoms with E-state index in [4.69, 9.17) is 4.74 Å². The van der Waals surface area contributed by atoms with E-state index >= 15 is 0 Å². The second-order valence-corrected chi connectivity index (χ2v) is 6.39. The quantitative estimate of drug-likeness (QED) is 0.908. The maximum absolute atomic E-state index is 13.5. The molecule has 4 heteroatoms. The summed E-state index contributed by atoms with van der Waals surface area (Å²) < 4.78 is 32.6. The smallest absolute Gasteiger partial charge is 0.130 e. The molecule has 3 rings (SSSR count). The molecule has 1 saturated heterocycles. The van der Waals surface area contributed by atoms with Gasteiger partial charge >= 0.3 is 0 Å². The lowest BCUT2D eigenvalue weighted by molar-refractivity contribution is -0.0624. The van der Waals surface area contributed by atoms with E-state index in [1.165, 1.54) is 44.2 Å². The fourth-order valence-electron chi connectivity index (χ4n) is 3.64. The van der Waals surface area contributed by atoms with Crippen LogP contribution in [0.15, 0.2) is 18.2 Å². The van der Waals surface area contributed by atoms with Crippen LogP contribution >= 0.6 is 0 Å². The lowest BCUT2D eigenvalue weighted by Gasteiger charge is -2.33. The highest BCUT2D eigenvalue weighted by Gasteiger charge is 2.40. The molecule has 1 aromatic rings. The molecule has 1 aromatic carbocycles. The van der Waals surface area contributed by atoms with Crippen LogP contribution in [0.2, 0.25) is 0 Å². The predicted molar refractivity (Wildman–Crippen MR) is 78.0 cm³/mol. The van der Waals surface area contributed by atoms with Crippen LogP contribution < -0.4 is 5.32 Å². The lowest BCUT2D eigenvalue weighted by atomic mass is 9.83. The number of hydrogen-bond acceptors (Lipinski definition) is 2. The zero-order valence-electron chi connectivity index (χ0n) is 12.3. The van der Waals surface area contributed by atoms with Gasteiger partial charge in [0.25, 0.3) is 0 Å². The van der Waals surface area contributed by atoms with Crippen LogP contribution in [0.5, 0.6) is 0 Å². The van der Waals surface area contributed by atoms with Crippen LogP contribution in [-0.2, 0) is 11.3 Å². The zero-order valence-corrected chi connectivity index (χ0v) is 12.3. The number of nitrogens with one attached hydrogen (secondary N) is 1. The molecular weight excluding hydrogens is 272 g/mol. The molecule has 1 aliphatic heterocycles. The first kappa shape index (κ1) is 14.9. The van der Waals surface area contributed by atoms with Gasteiger partial charge in [-0.2, -0.15) is 0 Å². The maximum atomic E-state index is 13.5. The average Bonchev–Trinajstić information content (AvgIpc) is 2.85. The summed E-state index contributed by atoms with van der Waals surface area (Å²) in [5, 5.41) is 3.24. The first-order valence-corrected chi connectivity index (χ1v) is 7.99. The van der Waals surface area contributed by atoms with Crippen molar-refractivity contribution in [3.05, 3.63) is 35.4 Å². The largest absolute Gasteiger partial charge is 0.370 e. The molecule has 0 radical (unpaired) electrons. The molecular formula is C17H23F2NO. The van der Waals surface area contributed by atoms with E-state index in [-0.39, 0.29) is 11.7 Å². The Morgan fingerprint density at radius 2 is 1.95 bits per heavy atom. The van der Waals surface area contributed by atoms with Gasteiger partial charge < -0.3 is 10.1 Å². The van der Waals surface area contributed by atoms with Crippen molar-refractivity contribution in [2.75, 3.05) is 6.54 Å². The minimum atomic E-state index is -0.533. The summed E-state index contributed by atoms with van der Waals surface area (Å²) in [6.07, 6.45) is 8.74. The zero-order chi connectivity index (χ0) is 14.7. The second kappa shape index (κ2) is 6.41. The molecule has 0 bridgehead atoms. The van der Waals surface area contributed by atoms with Crippen molar-refractivity contribution in [1.82, 2.24) is 5.32 Å². The lowest BCUT2D eigenvalue weighted by Crippen LogP contribution is -2.34. The molecule has 1 N–H and O–H groups in total. The van der Waals surface area contributed by atoms with Gasteiger partial charge in [-0.3, -0.25) is 0 Å². The molecule has 1 unspecified atom stereocenters. The summed E-state index contributed by atoms with van der Waals surface area (Å²) in [5.74, 6) is -1.02. The highest BCUT2D eigenvalue weighted by atomic mass is 19.1. The maximum Gasteiger partial charge on any atom is 0.130 e. The van der Waals surface area contributed by atoms with Crippen LogP contribution in [0.1, 0.15) is 50.5 Å². The summed E-state index contributed by atoms with van der Waals surface area (Å²) in [6.45, 7) is 1.15. The first-order chi connectivity index (χ1) is 10.2. The molecule has 2 aliphatic rings. The third kappa shape index (κ3) is 3.61. The molecule has 2 nitrogen and oxygen atoms in total. The molecule has 21 heavy (non-hydrogen) atoms. The number of benzene rings is 1. The van der Waals surface area contributed by atoms with Gasteiger partial charge in [-0.05, 0) is 31.7 Å². The Morgan fingerprint density at radius 1 is 1.14 bits per heavy atom. The third-order valence-corrected chi connectivity index (χ3v) is 4.81. The average molecular weight is 295 g/mol. The monoisotopic (exact) mass is 295 g/mol. The van der Waals surface area contributed by atoms with Crippen molar-refractivity contribution in [3.63, 3.8) is 0 Å². The van der Waals surface area contributed by atoms with E-state index in [2.05, 4.69) is 5.32 Å². The van der Waals surface area contributed by atoms with Crippen molar-refractivity contribution in [3.8, 4) is 0 Å². The van der Waals surface area contributed by atoms with Gasteiger partial charge in [0, 0.05) is 24.7 Å². The van der Waals surface area contributed by atoms with Crippen LogP contribution in [0.3, 0.4) is 0 Å². The van der Waals surface area contributed by atoms with Gasteiger partial charge in [0.1, 0.15) is 11.6 Å². The number of rotatable bonds is 4. The Kier molecular flexibility index (Phi) is 4.55. The van der Waals surface area contributed by atoms with Gasteiger partial charge in [0.2, 0.25) is 0 Å². The molecule has 1 aliphatic carbocycles. The minimum absolute atomic E-state index is 0.131. The summed E-state index contributed by atoms with van der Waals surface area (Å²) >= 11 is 0. The molecule has 1 atom stereocenters. The molecule has 1 spiro atoms. The van der Waals surface area contributed by atoms with E-state index in [1.54, 1.807) is 0 Å². The van der Waals surface area contributed by atoms with Crippen LogP contribution in [0, 0.1) is 11.6 Å². The van der Waals surface area contributed by atoms with E-state index in [9.17, 15) is 8.78 Å². The molecule has 116 valence electrons. The van der Waals surface area contributed by atoms with Crippen molar-refractivity contribution in [2.24, 2.45) is 0 Å². The van der Waals surface area contributed by atoms with Gasteiger partial charge in [-0.15, -0.1) is 0 Å². The summed E-state index contributed by atoms with van der Waals surface area (Å²) in [5.41, 5.74) is 0.632. The van der Waals surface area contributed by atoms with Crippen LogP contribution in [0.25, 0.3) is 0 Å². The highest BCUT2D eigenvalue weighted by molar-refractivity contribution is 5.18. The molecule has 1 saturated carbocycles. The van der Waals surface area contributed by atoms with Crippen LogP contribution in [-0.4, -0.2) is 18.2 Å². The van der Waals surface area contributed by atoms with E-state index < -0.39 is 11.6 Å². The summed E-state index contributed by atoms with van der Waals surface area (Å²) in [4.78, 5) is 0. The Balaban J connectivity index is 1.46. The molecule has 0 amide bonds. The van der Waals surface area contributed by atoms with Gasteiger partial charge in [-0.25, -0.2) is 8.78 Å². The number of hydrogen-bond donors (Lipinski definition) is 1.